The van der Waals surface area contributed by atoms with Gasteiger partial charge in [-0.1, -0.05) is 0 Å². The molecule has 0 spiro atoms. The number of hydrogen-bond donors (Lipinski definition) is 0. The van der Waals surface area contributed by atoms with Crippen LogP contribution in [0.1, 0.15) is 0 Å². The first-order chi connectivity index (χ1) is 2.91. The van der Waals surface area contributed by atoms with Crippen molar-refractivity contribution >= 4 is 26.4 Å². The molecule has 0 aromatic rings. The van der Waals surface area contributed by atoms with Gasteiger partial charge < -0.3 is 0 Å². The van der Waals surface area contributed by atoms with Crippen molar-refractivity contribution in [2.75, 3.05) is 0 Å². The van der Waals surface area contributed by atoms with Crippen molar-refractivity contribution in [2.45, 2.75) is 5.32 Å². The molecule has 4 heteroatoms. The molecule has 0 aliphatic rings. The van der Waals surface area contributed by atoms with Crippen LogP contribution in [0.5, 0.6) is 0 Å². The van der Waals surface area contributed by atoms with E-state index in [1.807, 2.05) is 0 Å². The van der Waals surface area contributed by atoms with Crippen molar-refractivity contribution in [3.05, 3.63) is 0 Å². The van der Waals surface area contributed by atoms with Crippen LogP contribution >= 0.6 is 0 Å². The Morgan fingerprint density at radius 1 is 1.71 bits per heavy atom. The molecule has 0 atom stereocenters. The van der Waals surface area contributed by atoms with Crippen LogP contribution in [0.4, 0.5) is 0 Å². The van der Waals surface area contributed by atoms with E-state index in [1.54, 1.807) is 5.18 Å². The number of carbonyl (C=O) groups is 1. The summed E-state index contributed by atoms with van der Waals surface area (Å²) in [5.41, 5.74) is 0. The van der Waals surface area contributed by atoms with Crippen molar-refractivity contribution in [2.24, 2.45) is 0 Å². The van der Waals surface area contributed by atoms with Crippen molar-refractivity contribution in [1.29, 1.82) is 0 Å². The molecule has 0 N–H and O–H groups in total. The van der Waals surface area contributed by atoms with Gasteiger partial charge in [0, 0.05) is 0 Å². The van der Waals surface area contributed by atoms with Crippen LogP contribution in [-0.4, -0.2) is 26.4 Å². The van der Waals surface area contributed by atoms with Gasteiger partial charge in [-0.15, -0.1) is 0 Å². The summed E-state index contributed by atoms with van der Waals surface area (Å²) in [6.45, 7) is 0. The SMILES string of the molecule is O=[C-][Se]CC=O.[Li+]. The van der Waals surface area contributed by atoms with Gasteiger partial charge in [-0.05, 0) is 0 Å². The van der Waals surface area contributed by atoms with E-state index in [2.05, 4.69) is 0 Å². The fourth-order valence-corrected chi connectivity index (χ4v) is 0.354. The molecule has 0 aromatic carbocycles. The molecule has 34 valence electrons. The van der Waals surface area contributed by atoms with E-state index in [4.69, 9.17) is 0 Å². The van der Waals surface area contributed by atoms with Gasteiger partial charge in [-0.3, -0.25) is 0 Å². The molecule has 0 radical (unpaired) electrons. The Morgan fingerprint density at radius 2 is 2.29 bits per heavy atom. The Balaban J connectivity index is 0. The summed E-state index contributed by atoms with van der Waals surface area (Å²) in [5.74, 6) is 0. The average Bonchev–Trinajstić information content (AvgIpc) is 1.61. The van der Waals surface area contributed by atoms with Crippen LogP contribution in [0, 0.1) is 0 Å². The molecule has 0 unspecified atom stereocenters. The van der Waals surface area contributed by atoms with E-state index < -0.39 is 0 Å². The second-order valence-electron chi connectivity index (χ2n) is 0.561. The molecule has 0 aliphatic carbocycles. The summed E-state index contributed by atoms with van der Waals surface area (Å²) in [5, 5.41) is 2.02. The Kier molecular flexibility index (Phi) is 14.4. The number of carbonyl (C=O) groups excluding carboxylic acids is 2. The van der Waals surface area contributed by atoms with E-state index in [-0.39, 0.29) is 33.8 Å². The number of aldehydes is 1. The monoisotopic (exact) mass is 158 g/mol. The Labute approximate surface area is 60.4 Å². The Hall–Kier alpha value is 0.457. The second kappa shape index (κ2) is 9.68. The fourth-order valence-electron chi connectivity index (χ4n) is 0.0680. The first-order valence-electron chi connectivity index (χ1n) is 1.34. The molecule has 0 bridgehead atoms. The van der Waals surface area contributed by atoms with Gasteiger partial charge in [-0.25, -0.2) is 0 Å². The van der Waals surface area contributed by atoms with Gasteiger partial charge in [0.1, 0.15) is 0 Å². The van der Waals surface area contributed by atoms with Gasteiger partial charge in [0.25, 0.3) is 0 Å². The molecule has 0 rings (SSSR count). The third-order valence-electron chi connectivity index (χ3n) is 0.210. The predicted molar refractivity (Wildman–Crippen MR) is 22.3 cm³/mol. The predicted octanol–water partition coefficient (Wildman–Crippen LogP) is -3.62. The summed E-state index contributed by atoms with van der Waals surface area (Å²) in [4.78, 5) is 18.7. The number of rotatable bonds is 3. The maximum atomic E-state index is 9.40. The first-order valence-corrected chi connectivity index (χ1v) is 3.41. The molecule has 0 aliphatic heterocycles. The summed E-state index contributed by atoms with van der Waals surface area (Å²) in [6.07, 6.45) is 0.727. The van der Waals surface area contributed by atoms with Gasteiger partial charge >= 0.3 is 60.2 Å². The van der Waals surface area contributed by atoms with E-state index in [9.17, 15) is 9.59 Å². The van der Waals surface area contributed by atoms with E-state index >= 15 is 0 Å². The van der Waals surface area contributed by atoms with Crippen molar-refractivity contribution < 1.29 is 28.4 Å². The normalized spacial score (nSPS) is 6.29. The quantitative estimate of drug-likeness (QED) is 0.183. The average molecular weight is 157 g/mol. The van der Waals surface area contributed by atoms with Crippen LogP contribution < -0.4 is 18.9 Å². The molecule has 0 heterocycles. The van der Waals surface area contributed by atoms with Crippen molar-refractivity contribution in [1.82, 2.24) is 0 Å². The molecule has 7 heavy (non-hydrogen) atoms. The minimum absolute atomic E-state index is 0. The standard InChI is InChI=1S/C3H3O2Se.Li/c4-1-2-6-3-5;/h1H,2H2;/q-1;+1. The van der Waals surface area contributed by atoms with Crippen LogP contribution in [0.3, 0.4) is 0 Å². The van der Waals surface area contributed by atoms with Crippen molar-refractivity contribution in [3.8, 4) is 0 Å². The first kappa shape index (κ1) is 10.4. The minimum Gasteiger partial charge on any atom is 1.00 e. The third-order valence-corrected chi connectivity index (χ3v) is 1.09. The van der Waals surface area contributed by atoms with E-state index in [0.29, 0.717) is 5.32 Å². The van der Waals surface area contributed by atoms with Crippen LogP contribution in [-0.2, 0) is 9.59 Å². The zero-order chi connectivity index (χ0) is 4.83. The van der Waals surface area contributed by atoms with E-state index in [0.717, 1.165) is 6.29 Å². The summed E-state index contributed by atoms with van der Waals surface area (Å²) < 4.78 is 0. The third kappa shape index (κ3) is 10.7. The molecule has 2 nitrogen and oxygen atoms in total. The second-order valence-corrected chi connectivity index (χ2v) is 2.22. The van der Waals surface area contributed by atoms with E-state index in [1.165, 1.54) is 0 Å². The van der Waals surface area contributed by atoms with Crippen LogP contribution in [0.25, 0.3) is 0 Å². The maximum absolute atomic E-state index is 9.40. The van der Waals surface area contributed by atoms with Gasteiger partial charge in [0.2, 0.25) is 0 Å². The largest absolute Gasteiger partial charge is 1.00 e. The summed E-state index contributed by atoms with van der Waals surface area (Å²) in [6, 6.07) is 0. The molecular formula is C3H3LiO2Se. The van der Waals surface area contributed by atoms with Crippen molar-refractivity contribution in [3.63, 3.8) is 0 Å². The summed E-state index contributed by atoms with van der Waals surface area (Å²) >= 11 is -0.207. The molecule has 0 saturated heterocycles. The molecule has 0 aromatic heterocycles. The van der Waals surface area contributed by atoms with Gasteiger partial charge in [-0.2, -0.15) is 0 Å². The topological polar surface area (TPSA) is 34.1 Å². The van der Waals surface area contributed by atoms with Crippen LogP contribution in [0.2, 0.25) is 5.32 Å². The Morgan fingerprint density at radius 3 is 2.43 bits per heavy atom. The smallest absolute Gasteiger partial charge is 1.00 e. The van der Waals surface area contributed by atoms with Gasteiger partial charge in [0.05, 0.1) is 0 Å². The molecule has 0 fully saturated rings. The fraction of sp³-hybridized carbons (Fsp3) is 0.333. The molecule has 0 saturated carbocycles. The molecular weight excluding hydrogens is 154 g/mol. The summed E-state index contributed by atoms with van der Waals surface area (Å²) in [7, 11) is 0. The van der Waals surface area contributed by atoms with Gasteiger partial charge in [0.15, 0.2) is 0 Å². The van der Waals surface area contributed by atoms with Crippen LogP contribution in [0.15, 0.2) is 0 Å². The maximum Gasteiger partial charge on any atom is 1.00 e. The minimum atomic E-state index is -0.207. The number of hydrogen-bond acceptors (Lipinski definition) is 2. The zero-order valence-electron chi connectivity index (χ0n) is 4.01. The molecule has 0 amide bonds. The Bertz CT molecular complexity index is 48.9. The zero-order valence-corrected chi connectivity index (χ0v) is 5.72.